The second-order valence-corrected chi connectivity index (χ2v) is 5.74. The number of hydrogen-bond donors (Lipinski definition) is 1. The van der Waals surface area contributed by atoms with Gasteiger partial charge in [0.15, 0.2) is 0 Å². The third kappa shape index (κ3) is 2.42. The number of thiophene rings is 1. The number of nitrogen functional groups attached to an aromatic ring is 1. The quantitative estimate of drug-likeness (QED) is 0.720. The summed E-state index contributed by atoms with van der Waals surface area (Å²) in [5.41, 5.74) is 6.93. The number of anilines is 1. The Hall–Kier alpha value is -0.150. The number of thioether (sulfide) groups is 1. The molecule has 0 saturated carbocycles. The molecule has 0 unspecified atom stereocenters. The molecule has 0 fully saturated rings. The van der Waals surface area contributed by atoms with E-state index in [2.05, 4.69) is 26.8 Å². The first-order valence-corrected chi connectivity index (χ1v) is 5.31. The van der Waals surface area contributed by atoms with Gasteiger partial charge in [0.1, 0.15) is 0 Å². The molecule has 1 nitrogen and oxygen atoms in total. The van der Waals surface area contributed by atoms with Gasteiger partial charge in [0, 0.05) is 5.25 Å². The Balaban J connectivity index is 2.73. The smallest absolute Gasteiger partial charge is 0.0897 e. The summed E-state index contributed by atoms with van der Waals surface area (Å²) < 4.78 is 1.33. The summed E-state index contributed by atoms with van der Waals surface area (Å²) in [6.07, 6.45) is 0. The average Bonchev–Trinajstić information content (AvgIpc) is 2.10. The molecule has 62 valence electrons. The van der Waals surface area contributed by atoms with Gasteiger partial charge in [0.05, 0.1) is 9.21 Å². The van der Waals surface area contributed by atoms with Crippen LogP contribution in [0.5, 0.6) is 0 Å². The molecular weight excluding hydrogens is 174 g/mol. The molecule has 0 aliphatic heterocycles. The summed E-state index contributed by atoms with van der Waals surface area (Å²) in [5.74, 6) is 0. The normalized spacial score (nSPS) is 10.9. The van der Waals surface area contributed by atoms with Gasteiger partial charge in [-0.05, 0) is 18.6 Å². The Kier molecular flexibility index (Phi) is 2.84. The SMILES string of the molecule is Cc1cc(SC(C)C)sc1N. The summed E-state index contributed by atoms with van der Waals surface area (Å²) >= 11 is 3.56. The molecule has 0 bridgehead atoms. The zero-order chi connectivity index (χ0) is 8.43. The van der Waals surface area contributed by atoms with Crippen molar-refractivity contribution in [2.24, 2.45) is 0 Å². The van der Waals surface area contributed by atoms with Crippen molar-refractivity contribution in [3.63, 3.8) is 0 Å². The van der Waals surface area contributed by atoms with Crippen LogP contribution in [0.15, 0.2) is 10.3 Å². The van der Waals surface area contributed by atoms with Crippen molar-refractivity contribution in [2.45, 2.75) is 30.2 Å². The first-order valence-electron chi connectivity index (χ1n) is 3.62. The Morgan fingerprint density at radius 1 is 1.55 bits per heavy atom. The summed E-state index contributed by atoms with van der Waals surface area (Å²) in [4.78, 5) is 0. The lowest BCUT2D eigenvalue weighted by Gasteiger charge is -1.98. The van der Waals surface area contributed by atoms with Crippen LogP contribution in [-0.2, 0) is 0 Å². The molecule has 0 amide bonds. The highest BCUT2D eigenvalue weighted by Gasteiger charge is 2.03. The van der Waals surface area contributed by atoms with Crippen LogP contribution in [0.1, 0.15) is 19.4 Å². The van der Waals surface area contributed by atoms with Crippen LogP contribution in [0.25, 0.3) is 0 Å². The Morgan fingerprint density at radius 3 is 2.55 bits per heavy atom. The van der Waals surface area contributed by atoms with Crippen LogP contribution in [0, 0.1) is 6.92 Å². The molecule has 0 radical (unpaired) electrons. The first kappa shape index (κ1) is 8.94. The van der Waals surface area contributed by atoms with E-state index in [0.29, 0.717) is 5.25 Å². The number of rotatable bonds is 2. The zero-order valence-corrected chi connectivity index (χ0v) is 8.68. The van der Waals surface area contributed by atoms with Crippen molar-refractivity contribution in [3.8, 4) is 0 Å². The molecule has 0 spiro atoms. The molecular formula is C8H13NS2. The van der Waals surface area contributed by atoms with Gasteiger partial charge in [-0.3, -0.25) is 0 Å². The van der Waals surface area contributed by atoms with Gasteiger partial charge in [-0.2, -0.15) is 0 Å². The highest BCUT2D eigenvalue weighted by molar-refractivity contribution is 8.01. The van der Waals surface area contributed by atoms with Crippen LogP contribution in [0.3, 0.4) is 0 Å². The lowest BCUT2D eigenvalue weighted by molar-refractivity contribution is 1.11. The molecule has 1 rings (SSSR count). The monoisotopic (exact) mass is 187 g/mol. The van der Waals surface area contributed by atoms with Crippen molar-refractivity contribution < 1.29 is 0 Å². The maximum absolute atomic E-state index is 5.72. The lowest BCUT2D eigenvalue weighted by Crippen LogP contribution is -1.82. The molecule has 3 heteroatoms. The Labute approximate surface area is 76.0 Å². The van der Waals surface area contributed by atoms with Crippen molar-refractivity contribution >= 4 is 28.1 Å². The van der Waals surface area contributed by atoms with Gasteiger partial charge in [-0.15, -0.1) is 23.1 Å². The summed E-state index contributed by atoms with van der Waals surface area (Å²) in [6, 6.07) is 2.16. The standard InChI is InChI=1S/C8H13NS2/c1-5(2)10-7-4-6(3)8(9)11-7/h4-5H,9H2,1-3H3. The van der Waals surface area contributed by atoms with Crippen LogP contribution < -0.4 is 5.73 Å². The van der Waals surface area contributed by atoms with E-state index in [9.17, 15) is 0 Å². The van der Waals surface area contributed by atoms with Crippen LogP contribution in [-0.4, -0.2) is 5.25 Å². The van der Waals surface area contributed by atoms with Crippen LogP contribution in [0.2, 0.25) is 0 Å². The average molecular weight is 187 g/mol. The van der Waals surface area contributed by atoms with E-state index >= 15 is 0 Å². The highest BCUT2D eigenvalue weighted by atomic mass is 32.2. The Bertz CT molecular complexity index is 221. The second kappa shape index (κ2) is 3.50. The molecule has 0 aliphatic rings. The van der Waals surface area contributed by atoms with E-state index in [-0.39, 0.29) is 0 Å². The predicted octanol–water partition coefficient (Wildman–Crippen LogP) is 3.14. The first-order chi connectivity index (χ1) is 5.09. The summed E-state index contributed by atoms with van der Waals surface area (Å²) in [7, 11) is 0. The van der Waals surface area contributed by atoms with Gasteiger partial charge in [0.25, 0.3) is 0 Å². The fourth-order valence-electron chi connectivity index (χ4n) is 0.757. The van der Waals surface area contributed by atoms with E-state index in [1.165, 1.54) is 9.77 Å². The van der Waals surface area contributed by atoms with Gasteiger partial charge in [-0.25, -0.2) is 0 Å². The van der Waals surface area contributed by atoms with Crippen molar-refractivity contribution in [3.05, 3.63) is 11.6 Å². The third-order valence-corrected chi connectivity index (χ3v) is 3.51. The van der Waals surface area contributed by atoms with Gasteiger partial charge in [-0.1, -0.05) is 13.8 Å². The van der Waals surface area contributed by atoms with Crippen molar-refractivity contribution in [2.75, 3.05) is 5.73 Å². The van der Waals surface area contributed by atoms with Gasteiger partial charge >= 0.3 is 0 Å². The maximum Gasteiger partial charge on any atom is 0.0897 e. The summed E-state index contributed by atoms with van der Waals surface area (Å²) in [5, 5.41) is 1.60. The molecule has 0 saturated heterocycles. The minimum Gasteiger partial charge on any atom is -0.390 e. The predicted molar refractivity (Wildman–Crippen MR) is 54.5 cm³/mol. The zero-order valence-electron chi connectivity index (χ0n) is 7.05. The van der Waals surface area contributed by atoms with Gasteiger partial charge < -0.3 is 5.73 Å². The minimum absolute atomic E-state index is 0.646. The molecule has 1 aromatic heterocycles. The molecule has 1 aromatic rings. The van der Waals surface area contributed by atoms with Crippen LogP contribution >= 0.6 is 23.1 Å². The molecule has 0 aliphatic carbocycles. The highest BCUT2D eigenvalue weighted by Crippen LogP contribution is 2.34. The lowest BCUT2D eigenvalue weighted by atomic mass is 10.4. The second-order valence-electron chi connectivity index (χ2n) is 2.78. The van der Waals surface area contributed by atoms with E-state index in [1.54, 1.807) is 11.3 Å². The fraction of sp³-hybridized carbons (Fsp3) is 0.500. The molecule has 0 aromatic carbocycles. The van der Waals surface area contributed by atoms with Crippen molar-refractivity contribution in [1.82, 2.24) is 0 Å². The minimum atomic E-state index is 0.646. The molecule has 0 atom stereocenters. The summed E-state index contributed by atoms with van der Waals surface area (Å²) in [6.45, 7) is 6.43. The van der Waals surface area contributed by atoms with E-state index in [1.807, 2.05) is 11.8 Å². The third-order valence-electron chi connectivity index (χ3n) is 1.29. The molecule has 2 N–H and O–H groups in total. The largest absolute Gasteiger partial charge is 0.390 e. The molecule has 11 heavy (non-hydrogen) atoms. The number of aryl methyl sites for hydroxylation is 1. The van der Waals surface area contributed by atoms with E-state index in [0.717, 1.165) is 5.00 Å². The van der Waals surface area contributed by atoms with Crippen LogP contribution in [0.4, 0.5) is 5.00 Å². The Morgan fingerprint density at radius 2 is 2.18 bits per heavy atom. The number of hydrogen-bond acceptors (Lipinski definition) is 3. The van der Waals surface area contributed by atoms with Gasteiger partial charge in [0.2, 0.25) is 0 Å². The topological polar surface area (TPSA) is 26.0 Å². The fourth-order valence-corrected chi connectivity index (χ4v) is 3.18. The maximum atomic E-state index is 5.72. The molecule has 1 heterocycles. The number of nitrogens with two attached hydrogens (primary N) is 1. The van der Waals surface area contributed by atoms with Crippen molar-refractivity contribution in [1.29, 1.82) is 0 Å². The van der Waals surface area contributed by atoms with E-state index < -0.39 is 0 Å². The van der Waals surface area contributed by atoms with E-state index in [4.69, 9.17) is 5.73 Å².